The van der Waals surface area contributed by atoms with Crippen molar-refractivity contribution in [3.05, 3.63) is 70.7 Å². The highest BCUT2D eigenvalue weighted by atomic mass is 19.1. The Kier molecular flexibility index (Phi) is 4.54. The van der Waals surface area contributed by atoms with Gasteiger partial charge in [-0.15, -0.1) is 0 Å². The van der Waals surface area contributed by atoms with Crippen LogP contribution < -0.4 is 5.32 Å². The van der Waals surface area contributed by atoms with Crippen LogP contribution in [-0.4, -0.2) is 34.8 Å². The lowest BCUT2D eigenvalue weighted by atomic mass is 10.0. The van der Waals surface area contributed by atoms with Crippen LogP contribution in [0.3, 0.4) is 0 Å². The zero-order chi connectivity index (χ0) is 19.8. The Balaban J connectivity index is 1.44. The molecule has 1 aliphatic heterocycles. The number of aromatic amines is 1. The van der Waals surface area contributed by atoms with E-state index in [-0.39, 0.29) is 23.8 Å². The molecule has 2 amide bonds. The van der Waals surface area contributed by atoms with Crippen LogP contribution in [0.15, 0.2) is 36.4 Å². The van der Waals surface area contributed by atoms with Gasteiger partial charge in [0.15, 0.2) is 0 Å². The van der Waals surface area contributed by atoms with Gasteiger partial charge in [-0.3, -0.25) is 9.59 Å². The number of hydrogen-bond donors (Lipinski definition) is 2. The molecule has 0 atom stereocenters. The van der Waals surface area contributed by atoms with Gasteiger partial charge in [0.1, 0.15) is 17.5 Å². The second-order valence-electron chi connectivity index (χ2n) is 6.68. The first-order valence-electron chi connectivity index (χ1n) is 8.72. The minimum Gasteiger partial charge on any atom is -0.358 e. The average molecular weight is 387 g/mol. The smallest absolute Gasteiger partial charge is 0.251 e. The summed E-state index contributed by atoms with van der Waals surface area (Å²) in [4.78, 5) is 29.3. The van der Waals surface area contributed by atoms with Crippen LogP contribution in [0.2, 0.25) is 0 Å². The van der Waals surface area contributed by atoms with E-state index < -0.39 is 17.5 Å². The summed E-state index contributed by atoms with van der Waals surface area (Å²) in [5.41, 5.74) is 2.43. The van der Waals surface area contributed by atoms with Gasteiger partial charge in [-0.25, -0.2) is 13.2 Å². The van der Waals surface area contributed by atoms with Crippen molar-refractivity contribution in [2.24, 2.45) is 0 Å². The molecule has 2 heterocycles. The van der Waals surface area contributed by atoms with Crippen molar-refractivity contribution in [2.75, 3.05) is 13.1 Å². The summed E-state index contributed by atoms with van der Waals surface area (Å²) in [5.74, 6) is -3.16. The van der Waals surface area contributed by atoms with E-state index in [4.69, 9.17) is 0 Å². The molecule has 8 heteroatoms. The first-order chi connectivity index (χ1) is 13.4. The molecule has 1 aromatic heterocycles. The highest BCUT2D eigenvalue weighted by molar-refractivity contribution is 5.96. The summed E-state index contributed by atoms with van der Waals surface area (Å²) in [6, 6.07) is 6.93. The molecule has 5 nitrogen and oxygen atoms in total. The monoisotopic (exact) mass is 387 g/mol. The van der Waals surface area contributed by atoms with Gasteiger partial charge in [0.05, 0.1) is 6.54 Å². The lowest BCUT2D eigenvalue weighted by molar-refractivity contribution is -0.131. The van der Waals surface area contributed by atoms with Gasteiger partial charge in [0, 0.05) is 53.3 Å². The van der Waals surface area contributed by atoms with Gasteiger partial charge in [0.2, 0.25) is 5.91 Å². The molecule has 0 saturated carbocycles. The van der Waals surface area contributed by atoms with E-state index >= 15 is 0 Å². The van der Waals surface area contributed by atoms with Crippen LogP contribution in [0.1, 0.15) is 21.6 Å². The van der Waals surface area contributed by atoms with Crippen molar-refractivity contribution in [3.63, 3.8) is 0 Å². The van der Waals surface area contributed by atoms with Crippen LogP contribution in [0.25, 0.3) is 10.9 Å². The summed E-state index contributed by atoms with van der Waals surface area (Å²) < 4.78 is 40.0. The summed E-state index contributed by atoms with van der Waals surface area (Å²) in [6.45, 7) is 0.441. The van der Waals surface area contributed by atoms with Gasteiger partial charge >= 0.3 is 0 Å². The number of benzene rings is 2. The standard InChI is InChI=1S/C20H16F3N3O2/c21-12-1-2-17-15(8-12)16-10-26(4-3-18(16)25-17)19(27)9-24-20(28)11-5-13(22)7-14(23)6-11/h1-2,5-8,25H,3-4,9-10H2,(H,24,28). The average Bonchev–Trinajstić information content (AvgIpc) is 3.02. The van der Waals surface area contributed by atoms with Crippen LogP contribution >= 0.6 is 0 Å². The Labute approximate surface area is 158 Å². The highest BCUT2D eigenvalue weighted by Crippen LogP contribution is 2.28. The van der Waals surface area contributed by atoms with Crippen LogP contribution in [0.5, 0.6) is 0 Å². The minimum absolute atomic E-state index is 0.196. The molecule has 2 N–H and O–H groups in total. The summed E-state index contributed by atoms with van der Waals surface area (Å²) in [6.07, 6.45) is 0.584. The number of fused-ring (bicyclic) bond motifs is 3. The number of H-pyrrole nitrogens is 1. The topological polar surface area (TPSA) is 65.2 Å². The number of carbonyl (C=O) groups excluding carboxylic acids is 2. The molecular weight excluding hydrogens is 371 g/mol. The molecule has 144 valence electrons. The SMILES string of the molecule is O=C(NCC(=O)N1CCc2[nH]c3ccc(F)cc3c2C1)c1cc(F)cc(F)c1. The molecular formula is C20H16F3N3O2. The number of nitrogens with one attached hydrogen (secondary N) is 2. The quantitative estimate of drug-likeness (QED) is 0.726. The van der Waals surface area contributed by atoms with Gasteiger partial charge in [0.25, 0.3) is 5.91 Å². The van der Waals surface area contributed by atoms with E-state index in [1.54, 1.807) is 11.0 Å². The molecule has 0 spiro atoms. The molecule has 28 heavy (non-hydrogen) atoms. The van der Waals surface area contributed by atoms with E-state index in [0.29, 0.717) is 25.6 Å². The Morgan fingerprint density at radius 1 is 1.04 bits per heavy atom. The zero-order valence-corrected chi connectivity index (χ0v) is 14.7. The third-order valence-corrected chi connectivity index (χ3v) is 4.81. The first-order valence-corrected chi connectivity index (χ1v) is 8.72. The Morgan fingerprint density at radius 3 is 2.54 bits per heavy atom. The van der Waals surface area contributed by atoms with Gasteiger partial charge in [-0.2, -0.15) is 0 Å². The van der Waals surface area contributed by atoms with E-state index in [1.807, 2.05) is 0 Å². The van der Waals surface area contributed by atoms with E-state index in [0.717, 1.165) is 34.3 Å². The van der Waals surface area contributed by atoms with Crippen molar-refractivity contribution in [1.82, 2.24) is 15.2 Å². The molecule has 4 rings (SSSR count). The van der Waals surface area contributed by atoms with Crippen molar-refractivity contribution in [1.29, 1.82) is 0 Å². The summed E-state index contributed by atoms with van der Waals surface area (Å²) >= 11 is 0. The predicted molar refractivity (Wildman–Crippen MR) is 96.1 cm³/mol. The number of carbonyl (C=O) groups is 2. The number of aromatic nitrogens is 1. The number of nitrogens with zero attached hydrogens (tertiary/aromatic N) is 1. The molecule has 0 aliphatic carbocycles. The Hall–Kier alpha value is -3.29. The minimum atomic E-state index is -0.869. The fourth-order valence-corrected chi connectivity index (χ4v) is 3.45. The molecule has 3 aromatic rings. The van der Waals surface area contributed by atoms with Crippen molar-refractivity contribution >= 4 is 22.7 Å². The largest absolute Gasteiger partial charge is 0.358 e. The van der Waals surface area contributed by atoms with Gasteiger partial charge < -0.3 is 15.2 Å². The lowest BCUT2D eigenvalue weighted by Crippen LogP contribution is -2.42. The van der Waals surface area contributed by atoms with Crippen LogP contribution in [0.4, 0.5) is 13.2 Å². The maximum atomic E-state index is 13.6. The molecule has 0 unspecified atom stereocenters. The van der Waals surface area contributed by atoms with Crippen LogP contribution in [0, 0.1) is 17.5 Å². The van der Waals surface area contributed by atoms with E-state index in [9.17, 15) is 22.8 Å². The third-order valence-electron chi connectivity index (χ3n) is 4.81. The van der Waals surface area contributed by atoms with E-state index in [1.165, 1.54) is 12.1 Å². The van der Waals surface area contributed by atoms with Gasteiger partial charge in [-0.1, -0.05) is 0 Å². The number of amides is 2. The molecule has 0 radical (unpaired) electrons. The van der Waals surface area contributed by atoms with Gasteiger partial charge in [-0.05, 0) is 30.3 Å². The molecule has 0 fully saturated rings. The number of rotatable bonds is 3. The molecule has 2 aromatic carbocycles. The number of hydrogen-bond acceptors (Lipinski definition) is 2. The second-order valence-corrected chi connectivity index (χ2v) is 6.68. The van der Waals surface area contributed by atoms with Crippen LogP contribution in [-0.2, 0) is 17.8 Å². The van der Waals surface area contributed by atoms with E-state index in [2.05, 4.69) is 10.3 Å². The summed E-state index contributed by atoms with van der Waals surface area (Å²) in [7, 11) is 0. The first kappa shape index (κ1) is 18.1. The highest BCUT2D eigenvalue weighted by Gasteiger charge is 2.24. The number of halogens is 3. The fourth-order valence-electron chi connectivity index (χ4n) is 3.45. The summed E-state index contributed by atoms with van der Waals surface area (Å²) in [5, 5.41) is 3.11. The van der Waals surface area contributed by atoms with Crippen molar-refractivity contribution < 1.29 is 22.8 Å². The van der Waals surface area contributed by atoms with Crippen molar-refractivity contribution in [2.45, 2.75) is 13.0 Å². The lowest BCUT2D eigenvalue weighted by Gasteiger charge is -2.27. The normalized spacial score (nSPS) is 13.5. The maximum absolute atomic E-state index is 13.6. The fraction of sp³-hybridized carbons (Fsp3) is 0.200. The molecule has 1 aliphatic rings. The molecule has 0 bridgehead atoms. The third kappa shape index (κ3) is 3.45. The predicted octanol–water partition coefficient (Wildman–Crippen LogP) is 2.90. The zero-order valence-electron chi connectivity index (χ0n) is 14.7. The second kappa shape index (κ2) is 7.03. The Morgan fingerprint density at radius 2 is 1.79 bits per heavy atom. The van der Waals surface area contributed by atoms with Crippen molar-refractivity contribution in [3.8, 4) is 0 Å². The maximum Gasteiger partial charge on any atom is 0.251 e. The Bertz CT molecular complexity index is 1070. The molecule has 0 saturated heterocycles.